The summed E-state index contributed by atoms with van der Waals surface area (Å²) in [5.74, 6) is 0.658. The van der Waals surface area contributed by atoms with Crippen molar-refractivity contribution in [3.63, 3.8) is 0 Å². The molecule has 2 heterocycles. The van der Waals surface area contributed by atoms with Crippen LogP contribution in [-0.2, 0) is 17.9 Å². The number of hydrogen-bond acceptors (Lipinski definition) is 5. The Labute approximate surface area is 264 Å². The third-order valence-electron chi connectivity index (χ3n) is 7.94. The van der Waals surface area contributed by atoms with Crippen molar-refractivity contribution in [1.29, 1.82) is 0 Å². The molecule has 0 amide bonds. The van der Waals surface area contributed by atoms with Gasteiger partial charge in [-0.2, -0.15) is 5.10 Å². The molecule has 0 aliphatic carbocycles. The first-order valence-corrected chi connectivity index (χ1v) is 16.3. The van der Waals surface area contributed by atoms with Crippen LogP contribution in [-0.4, -0.2) is 32.7 Å². The van der Waals surface area contributed by atoms with Crippen LogP contribution in [0, 0.1) is 0 Å². The Morgan fingerprint density at radius 1 is 0.886 bits per heavy atom. The van der Waals surface area contributed by atoms with Crippen molar-refractivity contribution in [2.45, 2.75) is 64.6 Å². The maximum absolute atomic E-state index is 11.9. The third-order valence-corrected chi connectivity index (χ3v) is 9.06. The zero-order valence-electron chi connectivity index (χ0n) is 25.5. The molecule has 0 saturated heterocycles. The van der Waals surface area contributed by atoms with Gasteiger partial charge in [0.2, 0.25) is 0 Å². The summed E-state index contributed by atoms with van der Waals surface area (Å²) in [5, 5.41) is 16.8. The number of carbonyl (C=O) groups is 1. The van der Waals surface area contributed by atoms with Gasteiger partial charge in [-0.1, -0.05) is 93.4 Å². The number of hydrogen-bond donors (Lipinski definition) is 2. The Bertz CT molecular complexity index is 1560. The second-order valence-electron chi connectivity index (χ2n) is 11.2. The third kappa shape index (κ3) is 8.24. The van der Waals surface area contributed by atoms with Crippen molar-refractivity contribution < 1.29 is 14.6 Å². The fourth-order valence-electron chi connectivity index (χ4n) is 5.83. The summed E-state index contributed by atoms with van der Waals surface area (Å²) in [5.41, 5.74) is 5.61. The van der Waals surface area contributed by atoms with Gasteiger partial charge < -0.3 is 9.84 Å². The summed E-state index contributed by atoms with van der Waals surface area (Å²) in [7, 11) is 0. The van der Waals surface area contributed by atoms with Gasteiger partial charge in [0.15, 0.2) is 0 Å². The molecule has 228 valence electrons. The molecule has 5 aromatic rings. The molecule has 0 fully saturated rings. The van der Waals surface area contributed by atoms with Gasteiger partial charge in [-0.3, -0.25) is 14.8 Å². The molecular weight excluding hydrogens is 566 g/mol. The van der Waals surface area contributed by atoms with E-state index in [9.17, 15) is 9.90 Å². The predicted octanol–water partition coefficient (Wildman–Crippen LogP) is 9.08. The van der Waals surface area contributed by atoms with Crippen LogP contribution in [0.1, 0.15) is 78.6 Å². The van der Waals surface area contributed by atoms with Crippen molar-refractivity contribution in [1.82, 2.24) is 15.1 Å². The number of ether oxygens (including phenoxy) is 1. The molecule has 1 atom stereocenters. The van der Waals surface area contributed by atoms with Gasteiger partial charge in [-0.25, -0.2) is 0 Å². The number of H-pyrrole nitrogens is 1. The molecule has 0 bridgehead atoms. The van der Waals surface area contributed by atoms with Crippen LogP contribution in [0.3, 0.4) is 0 Å². The molecule has 2 N–H and O–H groups in total. The zero-order chi connectivity index (χ0) is 30.7. The lowest BCUT2D eigenvalue weighted by atomic mass is 9.90. The number of carboxylic acids is 1. The summed E-state index contributed by atoms with van der Waals surface area (Å²) >= 11 is 1.69. The van der Waals surface area contributed by atoms with Crippen LogP contribution in [0.2, 0.25) is 0 Å². The summed E-state index contributed by atoms with van der Waals surface area (Å²) in [4.78, 5) is 16.2. The van der Waals surface area contributed by atoms with E-state index in [2.05, 4.69) is 84.7 Å². The number of benzene rings is 3. The van der Waals surface area contributed by atoms with E-state index in [1.165, 1.54) is 31.2 Å². The van der Waals surface area contributed by atoms with Gasteiger partial charge in [-0.05, 0) is 65.3 Å². The lowest BCUT2D eigenvalue weighted by molar-refractivity contribution is -0.138. The van der Waals surface area contributed by atoms with Crippen molar-refractivity contribution in [2.24, 2.45) is 0 Å². The molecular formula is C37H41N3O3S. The zero-order valence-corrected chi connectivity index (χ0v) is 26.3. The van der Waals surface area contributed by atoms with Crippen LogP contribution < -0.4 is 4.74 Å². The molecule has 44 heavy (non-hydrogen) atoms. The lowest BCUT2D eigenvalue weighted by Crippen LogP contribution is -2.33. The molecule has 0 radical (unpaired) electrons. The lowest BCUT2D eigenvalue weighted by Gasteiger charge is -2.30. The van der Waals surface area contributed by atoms with Crippen LogP contribution >= 0.6 is 11.3 Å². The van der Waals surface area contributed by atoms with E-state index in [-0.39, 0.29) is 12.6 Å². The van der Waals surface area contributed by atoms with Gasteiger partial charge in [0.25, 0.3) is 0 Å². The van der Waals surface area contributed by atoms with Crippen molar-refractivity contribution in [3.05, 3.63) is 131 Å². The molecule has 1 unspecified atom stereocenters. The maximum atomic E-state index is 11.9. The fourth-order valence-corrected chi connectivity index (χ4v) is 6.87. The van der Waals surface area contributed by atoms with Crippen LogP contribution in [0.25, 0.3) is 10.4 Å². The Hall–Kier alpha value is -4.20. The fraction of sp³-hybridized carbons (Fsp3) is 0.297. The Balaban J connectivity index is 1.24. The highest BCUT2D eigenvalue weighted by atomic mass is 32.1. The number of rotatable bonds is 16. The Morgan fingerprint density at radius 3 is 2.25 bits per heavy atom. The first kappa shape index (κ1) is 31.2. The van der Waals surface area contributed by atoms with Gasteiger partial charge in [0, 0.05) is 28.1 Å². The van der Waals surface area contributed by atoms with Crippen molar-refractivity contribution in [2.75, 3.05) is 6.54 Å². The molecule has 5 rings (SSSR count). The highest BCUT2D eigenvalue weighted by molar-refractivity contribution is 7.15. The van der Waals surface area contributed by atoms with Crippen LogP contribution in [0.5, 0.6) is 5.75 Å². The highest BCUT2D eigenvalue weighted by Crippen LogP contribution is 2.34. The Kier molecular flexibility index (Phi) is 11.0. The number of aliphatic carboxylic acids is 1. The molecule has 0 aliphatic heterocycles. The number of nitrogens with zero attached hydrogens (tertiary/aromatic N) is 2. The second-order valence-corrected chi connectivity index (χ2v) is 12.4. The summed E-state index contributed by atoms with van der Waals surface area (Å²) in [6.45, 7) is 5.44. The standard InChI is InChI=1S/C37H41N3O3S/c1-3-8-28(9-4-2)29-16-18-33(19-17-29)43-26-27-12-14-30(15-13-27)35-21-20-34(44-35)24-40(25-36(41)42)37(32-22-38-39-23-32)31-10-6-5-7-11-31/h5-7,10-23,28,37H,3-4,8-9,24-26H2,1-2H3,(H,38,39)(H,41,42). The Morgan fingerprint density at radius 2 is 1.61 bits per heavy atom. The van der Waals surface area contributed by atoms with E-state index in [0.29, 0.717) is 19.1 Å². The first-order valence-electron chi connectivity index (χ1n) is 15.4. The number of thiophene rings is 1. The molecule has 0 saturated carbocycles. The number of aromatic amines is 1. The highest BCUT2D eigenvalue weighted by Gasteiger charge is 2.26. The molecule has 2 aromatic heterocycles. The van der Waals surface area contributed by atoms with Gasteiger partial charge in [0.1, 0.15) is 12.4 Å². The molecule has 3 aromatic carbocycles. The number of carboxylic acid groups (broad SMARTS) is 1. The monoisotopic (exact) mass is 607 g/mol. The van der Waals surface area contributed by atoms with Crippen molar-refractivity contribution >= 4 is 17.3 Å². The van der Waals surface area contributed by atoms with E-state index >= 15 is 0 Å². The smallest absolute Gasteiger partial charge is 0.317 e. The van der Waals surface area contributed by atoms with Gasteiger partial charge in [-0.15, -0.1) is 11.3 Å². The normalized spacial score (nSPS) is 12.1. The van der Waals surface area contributed by atoms with E-state index in [1.54, 1.807) is 17.5 Å². The van der Waals surface area contributed by atoms with Crippen molar-refractivity contribution in [3.8, 4) is 16.2 Å². The van der Waals surface area contributed by atoms with Crippen LogP contribution in [0.4, 0.5) is 0 Å². The second kappa shape index (κ2) is 15.5. The average Bonchev–Trinajstić information content (AvgIpc) is 3.74. The van der Waals surface area contributed by atoms with E-state index in [4.69, 9.17) is 4.74 Å². The SMILES string of the molecule is CCCC(CCC)c1ccc(OCc2ccc(-c3ccc(CN(CC(=O)O)C(c4ccccc4)c4cn[nH]c4)s3)cc2)cc1. The van der Waals surface area contributed by atoms with E-state index in [0.717, 1.165) is 37.8 Å². The number of nitrogens with one attached hydrogen (secondary N) is 1. The van der Waals surface area contributed by atoms with Crippen LogP contribution in [0.15, 0.2) is 103 Å². The van der Waals surface area contributed by atoms with Gasteiger partial charge in [0.05, 0.1) is 18.8 Å². The predicted molar refractivity (Wildman–Crippen MR) is 178 cm³/mol. The molecule has 6 nitrogen and oxygen atoms in total. The summed E-state index contributed by atoms with van der Waals surface area (Å²) < 4.78 is 6.10. The molecule has 0 aliphatic rings. The molecule has 0 spiro atoms. The number of aromatic nitrogens is 2. The van der Waals surface area contributed by atoms with Gasteiger partial charge >= 0.3 is 5.97 Å². The molecule has 7 heteroatoms. The largest absolute Gasteiger partial charge is 0.489 e. The summed E-state index contributed by atoms with van der Waals surface area (Å²) in [6, 6.07) is 31.1. The minimum absolute atomic E-state index is 0.0898. The topological polar surface area (TPSA) is 78.4 Å². The maximum Gasteiger partial charge on any atom is 0.317 e. The minimum Gasteiger partial charge on any atom is -0.489 e. The average molecular weight is 608 g/mol. The quantitative estimate of drug-likeness (QED) is 0.117. The van der Waals surface area contributed by atoms with E-state index in [1.807, 2.05) is 41.4 Å². The summed E-state index contributed by atoms with van der Waals surface area (Å²) in [6.07, 6.45) is 8.47. The van der Waals surface area contributed by atoms with E-state index < -0.39 is 5.97 Å². The first-order chi connectivity index (χ1) is 21.5. The minimum atomic E-state index is -0.864.